The first-order chi connectivity index (χ1) is 8.15. The maximum Gasteiger partial charge on any atom is 0.119 e. The van der Waals surface area contributed by atoms with Crippen molar-refractivity contribution in [3.8, 4) is 5.75 Å². The molecular weight excluding hydrogens is 212 g/mol. The van der Waals surface area contributed by atoms with Crippen molar-refractivity contribution >= 4 is 0 Å². The Balaban J connectivity index is 2.54. The average Bonchev–Trinajstić information content (AvgIpc) is 2.34. The van der Waals surface area contributed by atoms with E-state index in [-0.39, 0.29) is 0 Å². The van der Waals surface area contributed by atoms with Crippen molar-refractivity contribution in [1.82, 2.24) is 5.43 Å². The van der Waals surface area contributed by atoms with E-state index in [1.54, 1.807) is 7.11 Å². The van der Waals surface area contributed by atoms with Gasteiger partial charge in [0.15, 0.2) is 0 Å². The zero-order valence-electron chi connectivity index (χ0n) is 11.1. The average molecular weight is 236 g/mol. The summed E-state index contributed by atoms with van der Waals surface area (Å²) in [5, 5.41) is 0. The van der Waals surface area contributed by atoms with Gasteiger partial charge >= 0.3 is 0 Å². The number of nitrogens with two attached hydrogens (primary N) is 1. The lowest BCUT2D eigenvalue weighted by Crippen LogP contribution is -2.37. The molecule has 1 rings (SSSR count). The normalized spacial score (nSPS) is 12.8. The Morgan fingerprint density at radius 1 is 1.29 bits per heavy atom. The van der Waals surface area contributed by atoms with Gasteiger partial charge in [-0.2, -0.15) is 0 Å². The summed E-state index contributed by atoms with van der Waals surface area (Å²) in [6, 6.07) is 8.50. The zero-order valence-corrected chi connectivity index (χ0v) is 11.1. The third-order valence-electron chi connectivity index (χ3n) is 2.94. The first kappa shape index (κ1) is 14.0. The topological polar surface area (TPSA) is 47.3 Å². The molecule has 1 atom stereocenters. The van der Waals surface area contributed by atoms with Crippen LogP contribution in [-0.2, 0) is 6.42 Å². The highest BCUT2D eigenvalue weighted by atomic mass is 16.5. The van der Waals surface area contributed by atoms with Gasteiger partial charge in [0, 0.05) is 6.04 Å². The van der Waals surface area contributed by atoms with Crippen LogP contribution in [0.5, 0.6) is 5.75 Å². The molecule has 0 aromatic heterocycles. The molecule has 3 nitrogen and oxygen atoms in total. The van der Waals surface area contributed by atoms with Crippen LogP contribution in [-0.4, -0.2) is 13.2 Å². The number of hydrazine groups is 1. The van der Waals surface area contributed by atoms with Crippen molar-refractivity contribution in [3.63, 3.8) is 0 Å². The summed E-state index contributed by atoms with van der Waals surface area (Å²) in [5.74, 6) is 7.22. The van der Waals surface area contributed by atoms with Crippen LogP contribution in [0.25, 0.3) is 0 Å². The Kier molecular flexibility index (Phi) is 6.01. The quantitative estimate of drug-likeness (QED) is 0.565. The Morgan fingerprint density at radius 3 is 2.65 bits per heavy atom. The van der Waals surface area contributed by atoms with Gasteiger partial charge in [-0.15, -0.1) is 0 Å². The van der Waals surface area contributed by atoms with Crippen LogP contribution in [0.3, 0.4) is 0 Å². The molecule has 17 heavy (non-hydrogen) atoms. The predicted molar refractivity (Wildman–Crippen MR) is 71.9 cm³/mol. The van der Waals surface area contributed by atoms with Gasteiger partial charge in [-0.05, 0) is 42.9 Å². The fourth-order valence-corrected chi connectivity index (χ4v) is 1.86. The van der Waals surface area contributed by atoms with Crippen molar-refractivity contribution in [2.24, 2.45) is 11.8 Å². The first-order valence-corrected chi connectivity index (χ1v) is 6.24. The van der Waals surface area contributed by atoms with E-state index >= 15 is 0 Å². The Hall–Kier alpha value is -1.06. The van der Waals surface area contributed by atoms with Gasteiger partial charge < -0.3 is 4.74 Å². The fraction of sp³-hybridized carbons (Fsp3) is 0.571. The molecule has 0 bridgehead atoms. The summed E-state index contributed by atoms with van der Waals surface area (Å²) in [4.78, 5) is 0. The minimum atomic E-state index is 0.338. The number of ether oxygens (including phenoxy) is 1. The second-order valence-electron chi connectivity index (χ2n) is 4.89. The molecule has 3 N–H and O–H groups in total. The predicted octanol–water partition coefficient (Wildman–Crippen LogP) is 2.51. The van der Waals surface area contributed by atoms with Crippen molar-refractivity contribution in [3.05, 3.63) is 29.8 Å². The summed E-state index contributed by atoms with van der Waals surface area (Å²) >= 11 is 0. The lowest BCUT2D eigenvalue weighted by molar-refractivity contribution is 0.411. The molecule has 0 amide bonds. The SMILES string of the molecule is COc1cccc(CC(CCC(C)C)NN)c1. The Labute approximate surface area is 104 Å². The third kappa shape index (κ3) is 5.20. The fourth-order valence-electron chi connectivity index (χ4n) is 1.86. The summed E-state index contributed by atoms with van der Waals surface area (Å²) in [6.45, 7) is 4.47. The van der Waals surface area contributed by atoms with Crippen molar-refractivity contribution in [1.29, 1.82) is 0 Å². The molecule has 1 aromatic carbocycles. The van der Waals surface area contributed by atoms with Gasteiger partial charge in [0.05, 0.1) is 7.11 Å². The van der Waals surface area contributed by atoms with E-state index in [4.69, 9.17) is 10.6 Å². The largest absolute Gasteiger partial charge is 0.497 e. The summed E-state index contributed by atoms with van der Waals surface area (Å²) in [7, 11) is 1.69. The summed E-state index contributed by atoms with van der Waals surface area (Å²) in [5.41, 5.74) is 4.16. The molecule has 0 aliphatic heterocycles. The number of hydrogen-bond donors (Lipinski definition) is 2. The van der Waals surface area contributed by atoms with E-state index in [9.17, 15) is 0 Å². The van der Waals surface area contributed by atoms with Crippen molar-refractivity contribution in [2.75, 3.05) is 7.11 Å². The maximum atomic E-state index is 5.60. The van der Waals surface area contributed by atoms with Crippen molar-refractivity contribution < 1.29 is 4.74 Å². The molecule has 0 spiro atoms. The Morgan fingerprint density at radius 2 is 2.06 bits per heavy atom. The monoisotopic (exact) mass is 236 g/mol. The van der Waals surface area contributed by atoms with Crippen LogP contribution in [0.4, 0.5) is 0 Å². The second-order valence-corrected chi connectivity index (χ2v) is 4.89. The number of benzene rings is 1. The highest BCUT2D eigenvalue weighted by Gasteiger charge is 2.09. The third-order valence-corrected chi connectivity index (χ3v) is 2.94. The molecule has 3 heteroatoms. The number of hydrogen-bond acceptors (Lipinski definition) is 3. The standard InChI is InChI=1S/C14H24N2O/c1-11(2)7-8-13(16-15)9-12-5-4-6-14(10-12)17-3/h4-6,10-11,13,16H,7-9,15H2,1-3H3. The van der Waals surface area contributed by atoms with Crippen LogP contribution in [0.1, 0.15) is 32.3 Å². The van der Waals surface area contributed by atoms with Gasteiger partial charge in [0.2, 0.25) is 0 Å². The maximum absolute atomic E-state index is 5.60. The second kappa shape index (κ2) is 7.30. The molecular formula is C14H24N2O. The van der Waals surface area contributed by atoms with E-state index < -0.39 is 0 Å². The summed E-state index contributed by atoms with van der Waals surface area (Å²) in [6.07, 6.45) is 3.24. The highest BCUT2D eigenvalue weighted by molar-refractivity contribution is 5.28. The minimum Gasteiger partial charge on any atom is -0.497 e. The smallest absolute Gasteiger partial charge is 0.119 e. The van der Waals surface area contributed by atoms with Crippen LogP contribution < -0.4 is 16.0 Å². The van der Waals surface area contributed by atoms with Crippen LogP contribution >= 0.6 is 0 Å². The van der Waals surface area contributed by atoms with Crippen LogP contribution in [0.15, 0.2) is 24.3 Å². The molecule has 1 unspecified atom stereocenters. The molecule has 0 saturated heterocycles. The molecule has 96 valence electrons. The zero-order chi connectivity index (χ0) is 12.7. The van der Waals surface area contributed by atoms with Gasteiger partial charge in [-0.1, -0.05) is 26.0 Å². The van der Waals surface area contributed by atoms with Gasteiger partial charge in [-0.3, -0.25) is 11.3 Å². The summed E-state index contributed by atoms with van der Waals surface area (Å²) < 4.78 is 5.22. The molecule has 0 aliphatic carbocycles. The van der Waals surface area contributed by atoms with E-state index in [0.717, 1.165) is 24.5 Å². The minimum absolute atomic E-state index is 0.338. The molecule has 1 aromatic rings. The van der Waals surface area contributed by atoms with Crippen LogP contribution in [0, 0.1) is 5.92 Å². The first-order valence-electron chi connectivity index (χ1n) is 6.24. The van der Waals surface area contributed by atoms with Gasteiger partial charge in [-0.25, -0.2) is 0 Å². The van der Waals surface area contributed by atoms with E-state index in [2.05, 4.69) is 31.4 Å². The Bertz CT molecular complexity index is 326. The molecule has 0 heterocycles. The van der Waals surface area contributed by atoms with Gasteiger partial charge in [0.1, 0.15) is 5.75 Å². The molecule has 0 saturated carbocycles. The van der Waals surface area contributed by atoms with Gasteiger partial charge in [0.25, 0.3) is 0 Å². The lowest BCUT2D eigenvalue weighted by Gasteiger charge is -2.17. The number of rotatable bonds is 7. The van der Waals surface area contributed by atoms with Crippen LogP contribution in [0.2, 0.25) is 0 Å². The van der Waals surface area contributed by atoms with E-state index in [1.807, 2.05) is 12.1 Å². The lowest BCUT2D eigenvalue weighted by atomic mass is 9.98. The number of nitrogens with one attached hydrogen (secondary N) is 1. The van der Waals surface area contributed by atoms with E-state index in [1.165, 1.54) is 12.0 Å². The van der Waals surface area contributed by atoms with E-state index in [0.29, 0.717) is 6.04 Å². The highest BCUT2D eigenvalue weighted by Crippen LogP contribution is 2.16. The molecule has 0 aliphatic rings. The van der Waals surface area contributed by atoms with Crippen molar-refractivity contribution in [2.45, 2.75) is 39.2 Å². The molecule has 0 fully saturated rings. The molecule has 0 radical (unpaired) electrons. The number of methoxy groups -OCH3 is 1.